The Hall–Kier alpha value is -0.340. The van der Waals surface area contributed by atoms with Crippen LogP contribution < -0.4 is 0 Å². The molecule has 2 rings (SSSR count). The van der Waals surface area contributed by atoms with Gasteiger partial charge in [-0.15, -0.1) is 0 Å². The van der Waals surface area contributed by atoms with Gasteiger partial charge in [-0.05, 0) is 38.5 Å². The van der Waals surface area contributed by atoms with Crippen molar-refractivity contribution in [3.63, 3.8) is 0 Å². The maximum atomic E-state index is 5.77. The van der Waals surface area contributed by atoms with Gasteiger partial charge in [0.1, 0.15) is 0 Å². The lowest BCUT2D eigenvalue weighted by atomic mass is 9.64. The van der Waals surface area contributed by atoms with Gasteiger partial charge in [0, 0.05) is 19.1 Å². The number of methoxy groups -OCH3 is 1. The molecule has 0 amide bonds. The Bertz CT molecular complexity index is 259. The zero-order valence-electron chi connectivity index (χ0n) is 10.1. The Morgan fingerprint density at radius 1 is 1.47 bits per heavy atom. The summed E-state index contributed by atoms with van der Waals surface area (Å²) in [5.41, 5.74) is 1.76. The second-order valence-corrected chi connectivity index (χ2v) is 5.08. The molecule has 0 aromatic heterocycles. The van der Waals surface area contributed by atoms with Crippen LogP contribution in [0.5, 0.6) is 0 Å². The highest BCUT2D eigenvalue weighted by Crippen LogP contribution is 2.49. The topological polar surface area (TPSA) is 18.5 Å². The van der Waals surface area contributed by atoms with E-state index in [0.717, 1.165) is 6.61 Å². The molecule has 1 spiro atoms. The van der Waals surface area contributed by atoms with Gasteiger partial charge in [-0.1, -0.05) is 18.6 Å². The largest absolute Gasteiger partial charge is 0.355 e. The fraction of sp³-hybridized carbons (Fsp3) is 0.846. The zero-order chi connectivity index (χ0) is 10.9. The quantitative estimate of drug-likeness (QED) is 0.619. The molecule has 1 aliphatic carbocycles. The van der Waals surface area contributed by atoms with Gasteiger partial charge in [0.25, 0.3) is 0 Å². The molecule has 86 valence electrons. The lowest BCUT2D eigenvalue weighted by molar-refractivity contribution is -0.233. The molecular formula is C13H22O2. The molecule has 1 aliphatic heterocycles. The molecule has 2 heteroatoms. The smallest absolute Gasteiger partial charge is 0.163 e. The highest BCUT2D eigenvalue weighted by molar-refractivity contribution is 5.12. The monoisotopic (exact) mass is 210 g/mol. The third kappa shape index (κ3) is 1.85. The summed E-state index contributed by atoms with van der Waals surface area (Å²) in [6.45, 7) is 5.40. The first kappa shape index (κ1) is 11.2. The van der Waals surface area contributed by atoms with E-state index in [9.17, 15) is 0 Å². The molecule has 1 fully saturated rings. The van der Waals surface area contributed by atoms with E-state index in [4.69, 9.17) is 9.47 Å². The highest BCUT2D eigenvalue weighted by atomic mass is 16.7. The lowest BCUT2D eigenvalue weighted by Gasteiger charge is -2.48. The van der Waals surface area contributed by atoms with Gasteiger partial charge in [-0.25, -0.2) is 0 Å². The summed E-state index contributed by atoms with van der Waals surface area (Å²) in [6.07, 6.45) is 7.26. The van der Waals surface area contributed by atoms with Crippen molar-refractivity contribution < 1.29 is 9.47 Å². The predicted octanol–water partition coefficient (Wildman–Crippen LogP) is 3.13. The van der Waals surface area contributed by atoms with Crippen molar-refractivity contribution in [3.05, 3.63) is 11.6 Å². The van der Waals surface area contributed by atoms with Crippen LogP contribution >= 0.6 is 0 Å². The number of allylic oxidation sites excluding steroid dienone is 2. The zero-order valence-corrected chi connectivity index (χ0v) is 10.1. The van der Waals surface area contributed by atoms with Gasteiger partial charge in [-0.3, -0.25) is 0 Å². The van der Waals surface area contributed by atoms with Crippen molar-refractivity contribution in [3.8, 4) is 0 Å². The maximum absolute atomic E-state index is 5.77. The minimum atomic E-state index is 0.00519. The molecule has 0 unspecified atom stereocenters. The van der Waals surface area contributed by atoms with Gasteiger partial charge in [-0.2, -0.15) is 0 Å². The van der Waals surface area contributed by atoms with Gasteiger partial charge >= 0.3 is 0 Å². The van der Waals surface area contributed by atoms with Crippen molar-refractivity contribution in [1.82, 2.24) is 0 Å². The number of hydrogen-bond acceptors (Lipinski definition) is 2. The predicted molar refractivity (Wildman–Crippen MR) is 60.6 cm³/mol. The molecule has 15 heavy (non-hydrogen) atoms. The van der Waals surface area contributed by atoms with E-state index in [1.807, 2.05) is 0 Å². The third-order valence-electron chi connectivity index (χ3n) is 4.17. The van der Waals surface area contributed by atoms with Gasteiger partial charge in [0.2, 0.25) is 0 Å². The molecule has 0 bridgehead atoms. The fourth-order valence-corrected chi connectivity index (χ4v) is 3.20. The Morgan fingerprint density at radius 3 is 2.93 bits per heavy atom. The van der Waals surface area contributed by atoms with Crippen LogP contribution in [0.1, 0.15) is 39.5 Å². The van der Waals surface area contributed by atoms with E-state index in [-0.39, 0.29) is 11.7 Å². The number of ether oxygens (including phenoxy) is 2. The van der Waals surface area contributed by atoms with E-state index in [2.05, 4.69) is 19.9 Å². The van der Waals surface area contributed by atoms with Crippen LogP contribution in [0.2, 0.25) is 0 Å². The first-order chi connectivity index (χ1) is 7.19. The van der Waals surface area contributed by atoms with E-state index in [1.54, 1.807) is 7.11 Å². The molecule has 0 radical (unpaired) electrons. The maximum Gasteiger partial charge on any atom is 0.163 e. The number of hydrogen-bond donors (Lipinski definition) is 0. The number of rotatable bonds is 1. The normalized spacial score (nSPS) is 41.7. The van der Waals surface area contributed by atoms with E-state index >= 15 is 0 Å². The summed E-state index contributed by atoms with van der Waals surface area (Å²) in [5, 5.41) is 0. The van der Waals surface area contributed by atoms with Crippen molar-refractivity contribution in [2.45, 2.75) is 45.8 Å². The van der Waals surface area contributed by atoms with E-state index in [1.165, 1.54) is 31.3 Å². The highest BCUT2D eigenvalue weighted by Gasteiger charge is 2.46. The summed E-state index contributed by atoms with van der Waals surface area (Å²) in [4.78, 5) is 0. The first-order valence-electron chi connectivity index (χ1n) is 6.01. The second-order valence-electron chi connectivity index (χ2n) is 5.08. The van der Waals surface area contributed by atoms with E-state index < -0.39 is 0 Å². The van der Waals surface area contributed by atoms with Crippen molar-refractivity contribution in [2.75, 3.05) is 13.7 Å². The summed E-state index contributed by atoms with van der Waals surface area (Å²) >= 11 is 0. The molecule has 1 heterocycles. The van der Waals surface area contributed by atoms with Crippen LogP contribution in [-0.2, 0) is 9.47 Å². The average molecular weight is 210 g/mol. The van der Waals surface area contributed by atoms with E-state index in [0.29, 0.717) is 5.92 Å². The molecule has 1 saturated heterocycles. The van der Waals surface area contributed by atoms with Crippen LogP contribution in [0.4, 0.5) is 0 Å². The first-order valence-corrected chi connectivity index (χ1v) is 6.01. The SMILES string of the molecule is CO[C@H]1OCCC[C@@]12CCC(C)=C[C@@H]2C. The van der Waals surface area contributed by atoms with Crippen LogP contribution in [0.25, 0.3) is 0 Å². The lowest BCUT2D eigenvalue weighted by Crippen LogP contribution is -2.47. The molecule has 0 aromatic carbocycles. The van der Waals surface area contributed by atoms with Crippen LogP contribution in [0.15, 0.2) is 11.6 Å². The van der Waals surface area contributed by atoms with Crippen LogP contribution in [-0.4, -0.2) is 20.0 Å². The molecule has 2 aliphatic rings. The van der Waals surface area contributed by atoms with Crippen molar-refractivity contribution in [1.29, 1.82) is 0 Å². The van der Waals surface area contributed by atoms with Crippen molar-refractivity contribution >= 4 is 0 Å². The van der Waals surface area contributed by atoms with Gasteiger partial charge < -0.3 is 9.47 Å². The standard InChI is InChI=1S/C13H22O2/c1-10-5-7-13(11(2)9-10)6-4-8-15-12(13)14-3/h9,11-12H,4-8H2,1-3H3/t11-,12-,13-/m0/s1. The average Bonchev–Trinajstić information content (AvgIpc) is 2.25. The molecule has 0 saturated carbocycles. The fourth-order valence-electron chi connectivity index (χ4n) is 3.20. The Balaban J connectivity index is 2.23. The van der Waals surface area contributed by atoms with Crippen LogP contribution in [0, 0.1) is 11.3 Å². The summed E-state index contributed by atoms with van der Waals surface area (Å²) in [5.74, 6) is 0.580. The summed E-state index contributed by atoms with van der Waals surface area (Å²) < 4.78 is 11.3. The minimum absolute atomic E-state index is 0.00519. The second kappa shape index (κ2) is 4.26. The Morgan fingerprint density at radius 2 is 2.27 bits per heavy atom. The summed E-state index contributed by atoms with van der Waals surface area (Å²) in [7, 11) is 1.77. The van der Waals surface area contributed by atoms with Gasteiger partial charge in [0.05, 0.1) is 0 Å². The Labute approximate surface area is 92.6 Å². The van der Waals surface area contributed by atoms with Gasteiger partial charge in [0.15, 0.2) is 6.29 Å². The minimum Gasteiger partial charge on any atom is -0.355 e. The van der Waals surface area contributed by atoms with Crippen LogP contribution in [0.3, 0.4) is 0 Å². The third-order valence-corrected chi connectivity index (χ3v) is 4.17. The molecule has 3 atom stereocenters. The Kier molecular flexibility index (Phi) is 3.17. The van der Waals surface area contributed by atoms with Crippen molar-refractivity contribution in [2.24, 2.45) is 11.3 Å². The molecule has 2 nitrogen and oxygen atoms in total. The summed E-state index contributed by atoms with van der Waals surface area (Å²) in [6, 6.07) is 0. The molecule has 0 aromatic rings. The molecular weight excluding hydrogens is 188 g/mol. The molecule has 0 N–H and O–H groups in total.